The molecule has 0 saturated carbocycles. The van der Waals surface area contributed by atoms with Gasteiger partial charge < -0.3 is 0 Å². The van der Waals surface area contributed by atoms with Crippen LogP contribution >= 0.6 is 0 Å². The Hall–Kier alpha value is -1.71. The minimum Gasteiger partial charge on any atom is -0.265 e. The van der Waals surface area contributed by atoms with Crippen LogP contribution in [0, 0.1) is 6.92 Å². The van der Waals surface area contributed by atoms with Gasteiger partial charge in [-0.1, -0.05) is 25.5 Å². The lowest BCUT2D eigenvalue weighted by Gasteiger charge is -1.96. The molecule has 4 heteroatoms. The smallest absolute Gasteiger partial charge is 0.0800 e. The van der Waals surface area contributed by atoms with Crippen LogP contribution in [0.3, 0.4) is 0 Å². The van der Waals surface area contributed by atoms with Crippen molar-refractivity contribution >= 4 is 0 Å². The first kappa shape index (κ1) is 11.4. The van der Waals surface area contributed by atoms with E-state index in [2.05, 4.69) is 29.1 Å². The average Bonchev–Trinajstić information content (AvgIpc) is 2.67. The van der Waals surface area contributed by atoms with E-state index >= 15 is 0 Å². The van der Waals surface area contributed by atoms with Gasteiger partial charge in [0.15, 0.2) is 0 Å². The van der Waals surface area contributed by atoms with E-state index in [0.717, 1.165) is 11.4 Å². The van der Waals surface area contributed by atoms with Crippen molar-refractivity contribution in [3.8, 4) is 5.69 Å². The Morgan fingerprint density at radius 1 is 1.20 bits per heavy atom. The van der Waals surface area contributed by atoms with Gasteiger partial charge in [0.2, 0.25) is 0 Å². The van der Waals surface area contributed by atoms with Gasteiger partial charge in [-0.25, -0.2) is 4.68 Å². The van der Waals surface area contributed by atoms with Crippen LogP contribution in [0.2, 0.25) is 0 Å². The number of hydrogen-bond donors (Lipinski definition) is 0. The van der Waals surface area contributed by atoms with Gasteiger partial charge in [-0.05, 0) is 19.1 Å². The molecular formula is C11H16N4. The third-order valence-electron chi connectivity index (χ3n) is 1.54. The largest absolute Gasteiger partial charge is 0.265 e. The molecule has 0 saturated heterocycles. The van der Waals surface area contributed by atoms with E-state index in [1.54, 1.807) is 17.1 Å². The minimum absolute atomic E-state index is 0.909. The molecule has 0 fully saturated rings. The lowest BCUT2D eigenvalue weighted by atomic mass is 10.4. The van der Waals surface area contributed by atoms with Crippen LogP contribution in [-0.4, -0.2) is 20.0 Å². The number of pyridine rings is 1. The standard InChI is InChI=1S/C8H8N4.C3H8/c1-7-6-12(11-10-7)8-2-4-9-5-3-8;1-3-2/h2-6H,1H3;3H2,1-2H3. The third kappa shape index (κ3) is 3.50. The van der Waals surface area contributed by atoms with Crippen LogP contribution in [0.25, 0.3) is 5.69 Å². The van der Waals surface area contributed by atoms with Crippen molar-refractivity contribution in [2.45, 2.75) is 27.2 Å². The second-order valence-electron chi connectivity index (χ2n) is 3.22. The van der Waals surface area contributed by atoms with Crippen LogP contribution in [0.4, 0.5) is 0 Å². The summed E-state index contributed by atoms with van der Waals surface area (Å²) in [6.45, 7) is 6.16. The summed E-state index contributed by atoms with van der Waals surface area (Å²) in [5.41, 5.74) is 1.89. The second kappa shape index (κ2) is 5.90. The van der Waals surface area contributed by atoms with Crippen molar-refractivity contribution in [3.63, 3.8) is 0 Å². The van der Waals surface area contributed by atoms with E-state index < -0.39 is 0 Å². The molecule has 2 heterocycles. The fourth-order valence-electron chi connectivity index (χ4n) is 0.970. The van der Waals surface area contributed by atoms with Crippen LogP contribution in [0.15, 0.2) is 30.7 Å². The summed E-state index contributed by atoms with van der Waals surface area (Å²) in [6.07, 6.45) is 6.58. The summed E-state index contributed by atoms with van der Waals surface area (Å²) >= 11 is 0. The van der Waals surface area contributed by atoms with Gasteiger partial charge in [0.1, 0.15) is 0 Å². The number of aromatic nitrogens is 4. The van der Waals surface area contributed by atoms with E-state index in [-0.39, 0.29) is 0 Å². The number of nitrogens with zero attached hydrogens (tertiary/aromatic N) is 4. The normalized spacial score (nSPS) is 9.27. The van der Waals surface area contributed by atoms with E-state index in [4.69, 9.17) is 0 Å². The predicted octanol–water partition coefficient (Wildman–Crippen LogP) is 2.39. The van der Waals surface area contributed by atoms with Crippen molar-refractivity contribution in [1.82, 2.24) is 20.0 Å². The first-order valence-electron chi connectivity index (χ1n) is 5.07. The molecule has 4 nitrogen and oxygen atoms in total. The molecule has 0 aliphatic rings. The summed E-state index contributed by atoms with van der Waals surface area (Å²) in [4.78, 5) is 3.92. The Balaban J connectivity index is 0.000000337. The minimum atomic E-state index is 0.909. The topological polar surface area (TPSA) is 43.6 Å². The SMILES string of the molecule is CCC.Cc1cn(-c2ccncc2)nn1. The fourth-order valence-corrected chi connectivity index (χ4v) is 0.970. The van der Waals surface area contributed by atoms with Crippen molar-refractivity contribution < 1.29 is 0 Å². The summed E-state index contributed by atoms with van der Waals surface area (Å²) in [5, 5.41) is 7.81. The molecule has 0 atom stereocenters. The maximum Gasteiger partial charge on any atom is 0.0800 e. The molecule has 15 heavy (non-hydrogen) atoms. The van der Waals surface area contributed by atoms with Crippen LogP contribution in [0.1, 0.15) is 26.0 Å². The molecule has 2 aromatic rings. The summed E-state index contributed by atoms with van der Waals surface area (Å²) in [5.74, 6) is 0. The Morgan fingerprint density at radius 2 is 1.80 bits per heavy atom. The van der Waals surface area contributed by atoms with Gasteiger partial charge in [0.05, 0.1) is 17.6 Å². The van der Waals surface area contributed by atoms with Gasteiger partial charge in [0, 0.05) is 12.4 Å². The zero-order chi connectivity index (χ0) is 11.1. The average molecular weight is 204 g/mol. The predicted molar refractivity (Wildman–Crippen MR) is 59.9 cm³/mol. The lowest BCUT2D eigenvalue weighted by Crippen LogP contribution is -1.94. The molecule has 0 amide bonds. The van der Waals surface area contributed by atoms with Crippen LogP contribution < -0.4 is 0 Å². The van der Waals surface area contributed by atoms with Gasteiger partial charge >= 0.3 is 0 Å². The van der Waals surface area contributed by atoms with Gasteiger partial charge in [-0.15, -0.1) is 5.10 Å². The van der Waals surface area contributed by atoms with Crippen LogP contribution in [0.5, 0.6) is 0 Å². The van der Waals surface area contributed by atoms with E-state index in [9.17, 15) is 0 Å². The molecule has 0 bridgehead atoms. The van der Waals surface area contributed by atoms with E-state index in [1.165, 1.54) is 6.42 Å². The maximum absolute atomic E-state index is 3.92. The van der Waals surface area contributed by atoms with Crippen LogP contribution in [-0.2, 0) is 0 Å². The Bertz CT molecular complexity index is 380. The first-order valence-corrected chi connectivity index (χ1v) is 5.07. The lowest BCUT2D eigenvalue weighted by molar-refractivity contribution is 0.799. The monoisotopic (exact) mass is 204 g/mol. The third-order valence-corrected chi connectivity index (χ3v) is 1.54. The molecule has 0 aliphatic carbocycles. The van der Waals surface area contributed by atoms with E-state index in [0.29, 0.717) is 0 Å². The molecule has 0 aliphatic heterocycles. The number of hydrogen-bond acceptors (Lipinski definition) is 3. The first-order chi connectivity index (χ1) is 7.27. The van der Waals surface area contributed by atoms with Crippen molar-refractivity contribution in [3.05, 3.63) is 36.4 Å². The summed E-state index contributed by atoms with van der Waals surface area (Å²) in [7, 11) is 0. The highest BCUT2D eigenvalue weighted by Gasteiger charge is 1.96. The summed E-state index contributed by atoms with van der Waals surface area (Å²) < 4.78 is 1.72. The molecule has 0 aromatic carbocycles. The highest BCUT2D eigenvalue weighted by molar-refractivity contribution is 5.26. The molecule has 2 aromatic heterocycles. The zero-order valence-electron chi connectivity index (χ0n) is 9.38. The number of aryl methyl sites for hydroxylation is 1. The Labute approximate surface area is 90.0 Å². The van der Waals surface area contributed by atoms with E-state index in [1.807, 2.05) is 25.3 Å². The quantitative estimate of drug-likeness (QED) is 0.716. The Morgan fingerprint density at radius 3 is 2.27 bits per heavy atom. The molecule has 0 unspecified atom stereocenters. The molecule has 80 valence electrons. The van der Waals surface area contributed by atoms with Crippen molar-refractivity contribution in [2.75, 3.05) is 0 Å². The molecule has 2 rings (SSSR count). The highest BCUT2D eigenvalue weighted by atomic mass is 15.4. The molecule has 0 spiro atoms. The molecule has 0 N–H and O–H groups in total. The molecular weight excluding hydrogens is 188 g/mol. The molecule has 0 radical (unpaired) electrons. The second-order valence-corrected chi connectivity index (χ2v) is 3.22. The Kier molecular flexibility index (Phi) is 4.47. The fraction of sp³-hybridized carbons (Fsp3) is 0.364. The van der Waals surface area contributed by atoms with Crippen molar-refractivity contribution in [2.24, 2.45) is 0 Å². The van der Waals surface area contributed by atoms with Crippen molar-refractivity contribution in [1.29, 1.82) is 0 Å². The zero-order valence-corrected chi connectivity index (χ0v) is 9.38. The highest BCUT2D eigenvalue weighted by Crippen LogP contribution is 2.02. The maximum atomic E-state index is 3.92. The van der Waals surface area contributed by atoms with Gasteiger partial charge in [0.25, 0.3) is 0 Å². The van der Waals surface area contributed by atoms with Gasteiger partial charge in [-0.2, -0.15) is 0 Å². The number of rotatable bonds is 1. The summed E-state index contributed by atoms with van der Waals surface area (Å²) in [6, 6.07) is 3.77. The van der Waals surface area contributed by atoms with Gasteiger partial charge in [-0.3, -0.25) is 4.98 Å².